The molecular formula is C16H17F2N3O2. The largest absolute Gasteiger partial charge is 0.434 e. The van der Waals surface area contributed by atoms with E-state index < -0.39 is 6.61 Å². The zero-order chi connectivity index (χ0) is 17.0. The van der Waals surface area contributed by atoms with E-state index >= 15 is 0 Å². The minimum Gasteiger partial charge on any atom is -0.434 e. The molecule has 0 saturated carbocycles. The lowest BCUT2D eigenvalue weighted by Gasteiger charge is -2.07. The van der Waals surface area contributed by atoms with Gasteiger partial charge < -0.3 is 10.1 Å². The van der Waals surface area contributed by atoms with Gasteiger partial charge in [-0.25, -0.2) is 0 Å². The average molecular weight is 321 g/mol. The van der Waals surface area contributed by atoms with E-state index in [-0.39, 0.29) is 11.7 Å². The molecule has 1 aromatic carbocycles. The number of ether oxygens (including phenoxy) is 1. The minimum atomic E-state index is -2.92. The molecule has 1 heterocycles. The van der Waals surface area contributed by atoms with Crippen molar-refractivity contribution in [1.82, 2.24) is 9.78 Å². The molecule has 0 saturated heterocycles. The highest BCUT2D eigenvalue weighted by molar-refractivity contribution is 6.02. The monoisotopic (exact) mass is 321 g/mol. The molecule has 5 nitrogen and oxygen atoms in total. The number of aromatic nitrogens is 2. The summed E-state index contributed by atoms with van der Waals surface area (Å²) in [5.74, 6) is -0.365. The standard InChI is InChI=1S/C16H17F2N3O2/c1-10-15(11(2)21(3)20-10)19-14(22)9-8-12-6-4-5-7-13(12)23-16(17)18/h4-9,16H,1-3H3,(H,19,22)/b9-8+. The molecule has 0 radical (unpaired) electrons. The molecule has 0 atom stereocenters. The molecule has 23 heavy (non-hydrogen) atoms. The number of para-hydroxylation sites is 1. The first kappa shape index (κ1) is 16.7. The SMILES string of the molecule is Cc1nn(C)c(C)c1NC(=O)/C=C/c1ccccc1OC(F)F. The van der Waals surface area contributed by atoms with Crippen molar-refractivity contribution in [2.75, 3.05) is 5.32 Å². The van der Waals surface area contributed by atoms with Gasteiger partial charge in [0.2, 0.25) is 5.91 Å². The molecule has 0 fully saturated rings. The van der Waals surface area contributed by atoms with Gasteiger partial charge in [0.25, 0.3) is 0 Å². The lowest BCUT2D eigenvalue weighted by molar-refractivity contribution is -0.111. The zero-order valence-electron chi connectivity index (χ0n) is 13.0. The predicted molar refractivity (Wildman–Crippen MR) is 83.4 cm³/mol. The second-order valence-corrected chi connectivity index (χ2v) is 4.91. The molecule has 0 aliphatic carbocycles. The fraction of sp³-hybridized carbons (Fsp3) is 0.250. The molecule has 0 bridgehead atoms. The summed E-state index contributed by atoms with van der Waals surface area (Å²) in [5.41, 5.74) is 2.56. The first-order valence-electron chi connectivity index (χ1n) is 6.91. The Morgan fingerprint density at radius 1 is 1.35 bits per heavy atom. The van der Waals surface area contributed by atoms with E-state index in [1.165, 1.54) is 18.2 Å². The van der Waals surface area contributed by atoms with E-state index in [1.807, 2.05) is 6.92 Å². The normalized spacial score (nSPS) is 11.2. The smallest absolute Gasteiger partial charge is 0.387 e. The van der Waals surface area contributed by atoms with Gasteiger partial charge in [-0.15, -0.1) is 0 Å². The quantitative estimate of drug-likeness (QED) is 0.860. The van der Waals surface area contributed by atoms with Crippen LogP contribution >= 0.6 is 0 Å². The number of benzene rings is 1. The lowest BCUT2D eigenvalue weighted by Crippen LogP contribution is -2.09. The van der Waals surface area contributed by atoms with Gasteiger partial charge in [-0.1, -0.05) is 18.2 Å². The number of carbonyl (C=O) groups is 1. The zero-order valence-corrected chi connectivity index (χ0v) is 13.0. The fourth-order valence-corrected chi connectivity index (χ4v) is 2.11. The molecule has 0 unspecified atom stereocenters. The van der Waals surface area contributed by atoms with Crippen molar-refractivity contribution in [3.8, 4) is 5.75 Å². The maximum Gasteiger partial charge on any atom is 0.387 e. The number of amides is 1. The van der Waals surface area contributed by atoms with Crippen molar-refractivity contribution in [2.24, 2.45) is 7.05 Å². The van der Waals surface area contributed by atoms with Gasteiger partial charge in [0, 0.05) is 18.7 Å². The van der Waals surface area contributed by atoms with Crippen LogP contribution < -0.4 is 10.1 Å². The Labute approximate surface area is 132 Å². The number of carbonyl (C=O) groups excluding carboxylic acids is 1. The van der Waals surface area contributed by atoms with Crippen molar-refractivity contribution in [3.05, 3.63) is 47.3 Å². The first-order valence-corrected chi connectivity index (χ1v) is 6.91. The van der Waals surface area contributed by atoms with E-state index in [0.717, 1.165) is 5.69 Å². The van der Waals surface area contributed by atoms with Gasteiger partial charge in [0.05, 0.1) is 17.1 Å². The molecule has 122 valence electrons. The first-order chi connectivity index (χ1) is 10.9. The van der Waals surface area contributed by atoms with Crippen LogP contribution in [0.3, 0.4) is 0 Å². The highest BCUT2D eigenvalue weighted by atomic mass is 19.3. The summed E-state index contributed by atoms with van der Waals surface area (Å²) < 4.78 is 30.8. The summed E-state index contributed by atoms with van der Waals surface area (Å²) >= 11 is 0. The topological polar surface area (TPSA) is 56.2 Å². The third-order valence-electron chi connectivity index (χ3n) is 3.31. The summed E-state index contributed by atoms with van der Waals surface area (Å²) in [4.78, 5) is 12.0. The van der Waals surface area contributed by atoms with Crippen molar-refractivity contribution in [3.63, 3.8) is 0 Å². The van der Waals surface area contributed by atoms with Crippen molar-refractivity contribution in [2.45, 2.75) is 20.5 Å². The second-order valence-electron chi connectivity index (χ2n) is 4.91. The van der Waals surface area contributed by atoms with Crippen LogP contribution in [0.1, 0.15) is 17.0 Å². The highest BCUT2D eigenvalue weighted by Gasteiger charge is 2.11. The van der Waals surface area contributed by atoms with Gasteiger partial charge in [-0.2, -0.15) is 13.9 Å². The summed E-state index contributed by atoms with van der Waals surface area (Å²) in [6, 6.07) is 6.25. The Morgan fingerprint density at radius 2 is 2.04 bits per heavy atom. The third kappa shape index (κ3) is 4.15. The number of anilines is 1. The number of rotatable bonds is 5. The molecule has 1 N–H and O–H groups in total. The predicted octanol–water partition coefficient (Wildman–Crippen LogP) is 3.29. The van der Waals surface area contributed by atoms with E-state index in [1.54, 1.807) is 36.9 Å². The summed E-state index contributed by atoms with van der Waals surface area (Å²) in [6.45, 7) is 0.711. The van der Waals surface area contributed by atoms with Crippen LogP contribution in [0.5, 0.6) is 5.75 Å². The Kier molecular flexibility index (Phi) is 5.10. The second kappa shape index (κ2) is 7.04. The lowest BCUT2D eigenvalue weighted by atomic mass is 10.2. The van der Waals surface area contributed by atoms with Gasteiger partial charge in [-0.05, 0) is 26.0 Å². The molecule has 7 heteroatoms. The Morgan fingerprint density at radius 3 is 2.65 bits per heavy atom. The summed E-state index contributed by atoms with van der Waals surface area (Å²) in [5, 5.41) is 6.94. The summed E-state index contributed by atoms with van der Waals surface area (Å²) in [7, 11) is 1.78. The molecule has 0 aliphatic rings. The maximum atomic E-state index is 12.3. The van der Waals surface area contributed by atoms with Gasteiger partial charge >= 0.3 is 6.61 Å². The molecule has 0 spiro atoms. The minimum absolute atomic E-state index is 0.0142. The highest BCUT2D eigenvalue weighted by Crippen LogP contribution is 2.22. The van der Waals surface area contributed by atoms with Crippen molar-refractivity contribution >= 4 is 17.7 Å². The molecule has 2 rings (SSSR count). The van der Waals surface area contributed by atoms with Crippen LogP contribution in [-0.4, -0.2) is 22.3 Å². The molecule has 1 amide bonds. The number of hydrogen-bond donors (Lipinski definition) is 1. The fourth-order valence-electron chi connectivity index (χ4n) is 2.11. The Bertz CT molecular complexity index is 739. The molecule has 0 aliphatic heterocycles. The number of aryl methyl sites for hydroxylation is 2. The third-order valence-corrected chi connectivity index (χ3v) is 3.31. The van der Waals surface area contributed by atoms with E-state index in [4.69, 9.17) is 0 Å². The van der Waals surface area contributed by atoms with Crippen LogP contribution in [0.4, 0.5) is 14.5 Å². The van der Waals surface area contributed by atoms with Crippen LogP contribution in [-0.2, 0) is 11.8 Å². The average Bonchev–Trinajstić information content (AvgIpc) is 2.72. The maximum absolute atomic E-state index is 12.3. The van der Waals surface area contributed by atoms with Crippen LogP contribution in [0.2, 0.25) is 0 Å². The van der Waals surface area contributed by atoms with E-state index in [0.29, 0.717) is 16.9 Å². The number of nitrogens with zero attached hydrogens (tertiary/aromatic N) is 2. The van der Waals surface area contributed by atoms with Gasteiger partial charge in [-0.3, -0.25) is 9.48 Å². The van der Waals surface area contributed by atoms with Crippen LogP contribution in [0.25, 0.3) is 6.08 Å². The molecule has 2 aromatic rings. The number of alkyl halides is 2. The summed E-state index contributed by atoms with van der Waals surface area (Å²) in [6.07, 6.45) is 2.69. The van der Waals surface area contributed by atoms with Gasteiger partial charge in [0.15, 0.2) is 0 Å². The van der Waals surface area contributed by atoms with E-state index in [2.05, 4.69) is 15.2 Å². The van der Waals surface area contributed by atoms with Crippen LogP contribution in [0, 0.1) is 13.8 Å². The Balaban J connectivity index is 2.13. The van der Waals surface area contributed by atoms with Crippen molar-refractivity contribution in [1.29, 1.82) is 0 Å². The molecule has 1 aromatic heterocycles. The van der Waals surface area contributed by atoms with E-state index in [9.17, 15) is 13.6 Å². The Hall–Kier alpha value is -2.70. The number of nitrogens with one attached hydrogen (secondary N) is 1. The van der Waals surface area contributed by atoms with Crippen LogP contribution in [0.15, 0.2) is 30.3 Å². The number of hydrogen-bond acceptors (Lipinski definition) is 3. The number of halogens is 2. The van der Waals surface area contributed by atoms with Gasteiger partial charge in [0.1, 0.15) is 5.75 Å². The van der Waals surface area contributed by atoms with Crippen molar-refractivity contribution < 1.29 is 18.3 Å². The molecular weight excluding hydrogens is 304 g/mol.